The highest BCUT2D eigenvalue weighted by atomic mass is 19.1. The number of aromatic nitrogens is 2. The lowest BCUT2D eigenvalue weighted by Gasteiger charge is -2.25. The molecule has 2 heterocycles. The summed E-state index contributed by atoms with van der Waals surface area (Å²) in [7, 11) is 0. The van der Waals surface area contributed by atoms with Crippen molar-refractivity contribution in [1.29, 1.82) is 0 Å². The maximum Gasteiger partial charge on any atom is 0.271 e. The molecule has 1 aliphatic rings. The fourth-order valence-corrected chi connectivity index (χ4v) is 3.06. The molecule has 0 spiro atoms. The Labute approximate surface area is 150 Å². The molecule has 26 heavy (non-hydrogen) atoms. The average Bonchev–Trinajstić information content (AvgIpc) is 3.16. The second-order valence-electron chi connectivity index (χ2n) is 6.32. The number of amides is 1. The average molecular weight is 351 g/mol. The number of nitrogens with zero attached hydrogens (tertiary/aromatic N) is 2. The number of ether oxygens (including phenoxy) is 1. The van der Waals surface area contributed by atoms with E-state index >= 15 is 0 Å². The van der Waals surface area contributed by atoms with Crippen LogP contribution in [-0.4, -0.2) is 28.8 Å². The molecule has 2 aromatic carbocycles. The number of benzene rings is 2. The van der Waals surface area contributed by atoms with Crippen LogP contribution in [0.1, 0.15) is 16.1 Å². The Morgan fingerprint density at radius 1 is 1.23 bits per heavy atom. The zero-order chi connectivity index (χ0) is 17.9. The van der Waals surface area contributed by atoms with Crippen LogP contribution in [0.2, 0.25) is 0 Å². The highest BCUT2D eigenvalue weighted by molar-refractivity contribution is 5.92. The Hall–Kier alpha value is -3.15. The first-order valence-corrected chi connectivity index (χ1v) is 8.49. The van der Waals surface area contributed by atoms with Gasteiger partial charge in [-0.05, 0) is 42.3 Å². The molecule has 3 aromatic rings. The molecule has 1 atom stereocenters. The third kappa shape index (κ3) is 3.44. The van der Waals surface area contributed by atoms with Crippen LogP contribution >= 0.6 is 0 Å². The van der Waals surface area contributed by atoms with Gasteiger partial charge in [0, 0.05) is 18.7 Å². The van der Waals surface area contributed by atoms with Crippen molar-refractivity contribution in [2.24, 2.45) is 5.92 Å². The van der Waals surface area contributed by atoms with Gasteiger partial charge in [-0.15, -0.1) is 0 Å². The van der Waals surface area contributed by atoms with Crippen molar-refractivity contribution < 1.29 is 13.9 Å². The fourth-order valence-electron chi connectivity index (χ4n) is 3.06. The van der Waals surface area contributed by atoms with Gasteiger partial charge in [0.2, 0.25) is 0 Å². The van der Waals surface area contributed by atoms with Gasteiger partial charge in [0.1, 0.15) is 11.6 Å². The Kier molecular flexibility index (Phi) is 4.39. The number of hydrogen-bond donors (Lipinski definition) is 1. The van der Waals surface area contributed by atoms with Crippen LogP contribution in [0.5, 0.6) is 5.75 Å². The number of para-hydroxylation sites is 1. The van der Waals surface area contributed by atoms with Gasteiger partial charge >= 0.3 is 0 Å². The summed E-state index contributed by atoms with van der Waals surface area (Å²) in [5.41, 5.74) is 2.03. The second kappa shape index (κ2) is 7.00. The number of nitrogens with one attached hydrogen (secondary N) is 1. The summed E-state index contributed by atoms with van der Waals surface area (Å²) >= 11 is 0. The van der Waals surface area contributed by atoms with Crippen LogP contribution in [0.25, 0.3) is 5.69 Å². The van der Waals surface area contributed by atoms with Crippen molar-refractivity contribution in [3.05, 3.63) is 77.9 Å². The maximum atomic E-state index is 13.3. The number of rotatable bonds is 4. The minimum atomic E-state index is -0.346. The Morgan fingerprint density at radius 2 is 2.12 bits per heavy atom. The van der Waals surface area contributed by atoms with Crippen LogP contribution in [-0.2, 0) is 6.42 Å². The third-order valence-electron chi connectivity index (χ3n) is 4.40. The van der Waals surface area contributed by atoms with Gasteiger partial charge in [0.05, 0.1) is 12.3 Å². The van der Waals surface area contributed by atoms with Gasteiger partial charge in [-0.3, -0.25) is 4.79 Å². The molecule has 0 bridgehead atoms. The SMILES string of the molecule is O=C(NC[C@@H]1COc2ccccc2C1)c1ccn(-c2cccc(F)c2)n1. The van der Waals surface area contributed by atoms with Gasteiger partial charge in [0.25, 0.3) is 5.91 Å². The topological polar surface area (TPSA) is 56.1 Å². The quantitative estimate of drug-likeness (QED) is 0.786. The number of halogens is 1. The minimum absolute atomic E-state index is 0.221. The molecule has 0 saturated heterocycles. The van der Waals surface area contributed by atoms with Crippen LogP contribution in [0.4, 0.5) is 4.39 Å². The maximum absolute atomic E-state index is 13.3. The first-order chi connectivity index (χ1) is 12.7. The van der Waals surface area contributed by atoms with Gasteiger partial charge in [-0.2, -0.15) is 5.10 Å². The monoisotopic (exact) mass is 351 g/mol. The summed E-state index contributed by atoms with van der Waals surface area (Å²) in [5.74, 6) is 0.545. The predicted octanol–water partition coefficient (Wildman–Crippen LogP) is 2.99. The molecule has 5 nitrogen and oxygen atoms in total. The van der Waals surface area contributed by atoms with Crippen molar-refractivity contribution >= 4 is 5.91 Å². The van der Waals surface area contributed by atoms with E-state index in [2.05, 4.69) is 10.4 Å². The van der Waals surface area contributed by atoms with E-state index < -0.39 is 0 Å². The number of hydrogen-bond acceptors (Lipinski definition) is 3. The van der Waals surface area contributed by atoms with Crippen LogP contribution in [0.15, 0.2) is 60.8 Å². The van der Waals surface area contributed by atoms with Crippen LogP contribution in [0, 0.1) is 11.7 Å². The van der Waals surface area contributed by atoms with E-state index in [1.807, 2.05) is 24.3 Å². The molecular weight excluding hydrogens is 333 g/mol. The lowest BCUT2D eigenvalue weighted by Crippen LogP contribution is -2.35. The second-order valence-corrected chi connectivity index (χ2v) is 6.32. The van der Waals surface area contributed by atoms with E-state index in [1.165, 1.54) is 16.8 Å². The largest absolute Gasteiger partial charge is 0.493 e. The van der Waals surface area contributed by atoms with E-state index in [-0.39, 0.29) is 17.6 Å². The van der Waals surface area contributed by atoms with E-state index in [0.29, 0.717) is 24.5 Å². The Balaban J connectivity index is 1.37. The summed E-state index contributed by atoms with van der Waals surface area (Å²) < 4.78 is 20.5. The molecule has 4 rings (SSSR count). The summed E-state index contributed by atoms with van der Waals surface area (Å²) in [4.78, 5) is 12.3. The number of carbonyl (C=O) groups excluding carboxylic acids is 1. The van der Waals surface area contributed by atoms with Gasteiger partial charge < -0.3 is 10.1 Å². The summed E-state index contributed by atoms with van der Waals surface area (Å²) in [6, 6.07) is 15.6. The van der Waals surface area contributed by atoms with Crippen molar-refractivity contribution in [1.82, 2.24) is 15.1 Å². The molecule has 0 unspecified atom stereocenters. The molecule has 1 amide bonds. The zero-order valence-electron chi connectivity index (χ0n) is 14.1. The first-order valence-electron chi connectivity index (χ1n) is 8.49. The van der Waals surface area contributed by atoms with E-state index in [4.69, 9.17) is 4.74 Å². The van der Waals surface area contributed by atoms with E-state index in [9.17, 15) is 9.18 Å². The Morgan fingerprint density at radius 3 is 3.00 bits per heavy atom. The molecular formula is C20H18FN3O2. The van der Waals surface area contributed by atoms with Gasteiger partial charge in [0.15, 0.2) is 5.69 Å². The molecule has 0 radical (unpaired) electrons. The molecule has 0 saturated carbocycles. The number of fused-ring (bicyclic) bond motifs is 1. The normalized spacial score (nSPS) is 15.8. The van der Waals surface area contributed by atoms with Crippen molar-refractivity contribution in [3.8, 4) is 11.4 Å². The summed E-state index contributed by atoms with van der Waals surface area (Å²) in [6.45, 7) is 1.09. The minimum Gasteiger partial charge on any atom is -0.493 e. The molecule has 6 heteroatoms. The van der Waals surface area contributed by atoms with E-state index in [0.717, 1.165) is 17.7 Å². The smallest absolute Gasteiger partial charge is 0.271 e. The van der Waals surface area contributed by atoms with Gasteiger partial charge in [-0.25, -0.2) is 9.07 Å². The van der Waals surface area contributed by atoms with Crippen LogP contribution in [0.3, 0.4) is 0 Å². The molecule has 1 N–H and O–H groups in total. The summed E-state index contributed by atoms with van der Waals surface area (Å²) in [6.07, 6.45) is 2.51. The highest BCUT2D eigenvalue weighted by Gasteiger charge is 2.20. The lowest BCUT2D eigenvalue weighted by molar-refractivity contribution is 0.0933. The van der Waals surface area contributed by atoms with Gasteiger partial charge in [-0.1, -0.05) is 24.3 Å². The Bertz CT molecular complexity index is 938. The molecule has 1 aliphatic heterocycles. The first kappa shape index (κ1) is 16.3. The van der Waals surface area contributed by atoms with Crippen LogP contribution < -0.4 is 10.1 Å². The highest BCUT2D eigenvalue weighted by Crippen LogP contribution is 2.26. The fraction of sp³-hybridized carbons (Fsp3) is 0.200. The molecule has 0 fully saturated rings. The lowest BCUT2D eigenvalue weighted by atomic mass is 9.97. The predicted molar refractivity (Wildman–Crippen MR) is 95.0 cm³/mol. The number of carbonyl (C=O) groups is 1. The summed E-state index contributed by atoms with van der Waals surface area (Å²) in [5, 5.41) is 7.13. The molecule has 132 valence electrons. The zero-order valence-corrected chi connectivity index (χ0v) is 14.1. The van der Waals surface area contributed by atoms with E-state index in [1.54, 1.807) is 24.4 Å². The molecule has 1 aromatic heterocycles. The standard InChI is InChI=1S/C20H18FN3O2/c21-16-5-3-6-17(11-16)24-9-8-18(23-24)20(25)22-12-14-10-15-4-1-2-7-19(15)26-13-14/h1-9,11,14H,10,12-13H2,(H,22,25)/t14-/m1/s1. The third-order valence-corrected chi connectivity index (χ3v) is 4.40. The van der Waals surface area contributed by atoms with Crippen molar-refractivity contribution in [2.75, 3.05) is 13.2 Å². The molecule has 0 aliphatic carbocycles. The van der Waals surface area contributed by atoms with Crippen molar-refractivity contribution in [2.45, 2.75) is 6.42 Å². The van der Waals surface area contributed by atoms with Crippen molar-refractivity contribution in [3.63, 3.8) is 0 Å².